The SMILES string of the molecule is CC1(C(=O)O)COCC1NC(=O)N(CCCO)C1CCC1. The second-order valence-corrected chi connectivity index (χ2v) is 6.10. The van der Waals surface area contributed by atoms with Gasteiger partial charge in [-0.05, 0) is 32.6 Å². The largest absolute Gasteiger partial charge is 0.481 e. The zero-order valence-corrected chi connectivity index (χ0v) is 12.4. The van der Waals surface area contributed by atoms with Gasteiger partial charge < -0.3 is 25.2 Å². The Balaban J connectivity index is 1.99. The molecule has 0 aromatic rings. The summed E-state index contributed by atoms with van der Waals surface area (Å²) in [6.07, 6.45) is 3.57. The quantitative estimate of drug-likeness (QED) is 0.660. The second kappa shape index (κ2) is 6.62. The first kappa shape index (κ1) is 16.0. The molecule has 0 aromatic carbocycles. The molecule has 7 nitrogen and oxygen atoms in total. The van der Waals surface area contributed by atoms with Gasteiger partial charge in [-0.3, -0.25) is 4.79 Å². The molecule has 3 N–H and O–H groups in total. The van der Waals surface area contributed by atoms with Crippen molar-refractivity contribution in [2.75, 3.05) is 26.4 Å². The van der Waals surface area contributed by atoms with E-state index in [-0.39, 0.29) is 31.9 Å². The molecule has 0 aromatic heterocycles. The monoisotopic (exact) mass is 300 g/mol. The first-order valence-electron chi connectivity index (χ1n) is 7.48. The van der Waals surface area contributed by atoms with Crippen LogP contribution in [0.2, 0.25) is 0 Å². The van der Waals surface area contributed by atoms with Gasteiger partial charge in [0.25, 0.3) is 0 Å². The zero-order chi connectivity index (χ0) is 15.5. The summed E-state index contributed by atoms with van der Waals surface area (Å²) < 4.78 is 5.24. The molecule has 21 heavy (non-hydrogen) atoms. The number of amides is 2. The van der Waals surface area contributed by atoms with Crippen LogP contribution in [0.1, 0.15) is 32.6 Å². The molecule has 1 saturated carbocycles. The van der Waals surface area contributed by atoms with Crippen LogP contribution in [0.5, 0.6) is 0 Å². The predicted molar refractivity (Wildman–Crippen MR) is 74.9 cm³/mol. The van der Waals surface area contributed by atoms with Gasteiger partial charge >= 0.3 is 12.0 Å². The molecule has 0 radical (unpaired) electrons. The molecule has 1 aliphatic carbocycles. The number of carbonyl (C=O) groups is 2. The predicted octanol–water partition coefficient (Wildman–Crippen LogP) is 0.423. The van der Waals surface area contributed by atoms with Crippen LogP contribution in [-0.2, 0) is 9.53 Å². The fraction of sp³-hybridized carbons (Fsp3) is 0.857. The van der Waals surface area contributed by atoms with E-state index in [1.54, 1.807) is 11.8 Å². The van der Waals surface area contributed by atoms with E-state index >= 15 is 0 Å². The number of aliphatic hydroxyl groups excluding tert-OH is 1. The Morgan fingerprint density at radius 2 is 2.14 bits per heavy atom. The van der Waals surface area contributed by atoms with Crippen molar-refractivity contribution < 1.29 is 24.5 Å². The van der Waals surface area contributed by atoms with Crippen LogP contribution in [0, 0.1) is 5.41 Å². The molecule has 2 amide bonds. The van der Waals surface area contributed by atoms with E-state index in [1.165, 1.54) is 0 Å². The van der Waals surface area contributed by atoms with Crippen molar-refractivity contribution in [3.05, 3.63) is 0 Å². The standard InChI is InChI=1S/C14H24N2O5/c1-14(12(18)19)9-21-8-11(14)15-13(20)16(6-3-7-17)10-4-2-5-10/h10-11,17H,2-9H2,1H3,(H,15,20)(H,18,19). The fourth-order valence-electron chi connectivity index (χ4n) is 2.71. The lowest BCUT2D eigenvalue weighted by Crippen LogP contribution is -2.56. The van der Waals surface area contributed by atoms with E-state index in [1.807, 2.05) is 0 Å². The average Bonchev–Trinajstić information content (AvgIpc) is 2.75. The van der Waals surface area contributed by atoms with Gasteiger partial charge in [0.2, 0.25) is 0 Å². The topological polar surface area (TPSA) is 99.1 Å². The maximum atomic E-state index is 12.4. The van der Waals surface area contributed by atoms with Crippen molar-refractivity contribution in [2.45, 2.75) is 44.7 Å². The van der Waals surface area contributed by atoms with Gasteiger partial charge in [-0.1, -0.05) is 0 Å². The summed E-state index contributed by atoms with van der Waals surface area (Å²) in [5.74, 6) is -0.962. The molecule has 2 fully saturated rings. The third kappa shape index (κ3) is 3.29. The minimum Gasteiger partial charge on any atom is -0.481 e. The van der Waals surface area contributed by atoms with E-state index in [4.69, 9.17) is 9.84 Å². The van der Waals surface area contributed by atoms with Crippen LogP contribution in [0.4, 0.5) is 4.79 Å². The lowest BCUT2D eigenvalue weighted by atomic mass is 9.85. The molecule has 7 heteroatoms. The van der Waals surface area contributed by atoms with Gasteiger partial charge in [0.1, 0.15) is 5.41 Å². The summed E-state index contributed by atoms with van der Waals surface area (Å²) in [4.78, 5) is 25.5. The molecule has 120 valence electrons. The highest BCUT2D eigenvalue weighted by molar-refractivity contribution is 5.79. The van der Waals surface area contributed by atoms with E-state index in [2.05, 4.69) is 5.32 Å². The number of nitrogens with one attached hydrogen (secondary N) is 1. The highest BCUT2D eigenvalue weighted by atomic mass is 16.5. The number of carbonyl (C=O) groups excluding carboxylic acids is 1. The lowest BCUT2D eigenvalue weighted by Gasteiger charge is -2.39. The van der Waals surface area contributed by atoms with Crippen LogP contribution < -0.4 is 5.32 Å². The Morgan fingerprint density at radius 3 is 2.67 bits per heavy atom. The Labute approximate surface area is 124 Å². The number of aliphatic hydroxyl groups is 1. The Morgan fingerprint density at radius 1 is 1.43 bits per heavy atom. The second-order valence-electron chi connectivity index (χ2n) is 6.10. The van der Waals surface area contributed by atoms with Crippen LogP contribution in [0.15, 0.2) is 0 Å². The summed E-state index contributed by atoms with van der Waals surface area (Å²) in [7, 11) is 0. The van der Waals surface area contributed by atoms with E-state index in [9.17, 15) is 14.7 Å². The number of hydrogen-bond donors (Lipinski definition) is 3. The Hall–Kier alpha value is -1.34. The highest BCUT2D eigenvalue weighted by Crippen LogP contribution is 2.30. The smallest absolute Gasteiger partial charge is 0.317 e. The molecule has 2 rings (SSSR count). The van der Waals surface area contributed by atoms with Gasteiger partial charge in [0.05, 0.1) is 19.3 Å². The summed E-state index contributed by atoms with van der Waals surface area (Å²) in [6, 6.07) is -0.578. The number of carboxylic acid groups (broad SMARTS) is 1. The Bertz CT molecular complexity index is 399. The van der Waals surface area contributed by atoms with E-state index in [0.717, 1.165) is 19.3 Å². The van der Waals surface area contributed by atoms with Crippen molar-refractivity contribution in [3.63, 3.8) is 0 Å². The van der Waals surface area contributed by atoms with Gasteiger partial charge in [-0.2, -0.15) is 0 Å². The van der Waals surface area contributed by atoms with Crippen molar-refractivity contribution in [3.8, 4) is 0 Å². The number of urea groups is 1. The average molecular weight is 300 g/mol. The normalized spacial score (nSPS) is 29.0. The molecule has 2 unspecified atom stereocenters. The minimum atomic E-state index is -1.09. The molecule has 2 aliphatic rings. The lowest BCUT2D eigenvalue weighted by molar-refractivity contribution is -0.148. The fourth-order valence-corrected chi connectivity index (χ4v) is 2.71. The molecular formula is C14H24N2O5. The summed E-state index contributed by atoms with van der Waals surface area (Å²) in [5, 5.41) is 21.1. The van der Waals surface area contributed by atoms with Crippen molar-refractivity contribution in [2.24, 2.45) is 5.41 Å². The van der Waals surface area contributed by atoms with Gasteiger partial charge in [-0.15, -0.1) is 0 Å². The van der Waals surface area contributed by atoms with Gasteiger partial charge in [-0.25, -0.2) is 4.79 Å². The zero-order valence-electron chi connectivity index (χ0n) is 12.4. The van der Waals surface area contributed by atoms with Crippen LogP contribution in [0.25, 0.3) is 0 Å². The minimum absolute atomic E-state index is 0.0376. The first-order valence-corrected chi connectivity index (χ1v) is 7.48. The van der Waals surface area contributed by atoms with E-state index < -0.39 is 17.4 Å². The number of aliphatic carboxylic acids is 1. The van der Waals surface area contributed by atoms with Gasteiger partial charge in [0.15, 0.2) is 0 Å². The number of nitrogens with zero attached hydrogens (tertiary/aromatic N) is 1. The molecule has 0 spiro atoms. The number of rotatable bonds is 6. The molecule has 2 atom stereocenters. The molecule has 1 aliphatic heterocycles. The van der Waals surface area contributed by atoms with Crippen LogP contribution >= 0.6 is 0 Å². The van der Waals surface area contributed by atoms with Crippen LogP contribution in [0.3, 0.4) is 0 Å². The summed E-state index contributed by atoms with van der Waals surface area (Å²) in [5.41, 5.74) is -1.09. The first-order chi connectivity index (χ1) is 9.99. The van der Waals surface area contributed by atoms with Crippen LogP contribution in [-0.4, -0.2) is 65.6 Å². The number of carboxylic acids is 1. The molecule has 1 saturated heterocycles. The van der Waals surface area contributed by atoms with Gasteiger partial charge in [0, 0.05) is 19.2 Å². The summed E-state index contributed by atoms with van der Waals surface area (Å²) in [6.45, 7) is 2.44. The molecule has 0 bridgehead atoms. The number of hydrogen-bond acceptors (Lipinski definition) is 4. The number of ether oxygens (including phenoxy) is 1. The Kier molecular flexibility index (Phi) is 5.05. The van der Waals surface area contributed by atoms with Crippen molar-refractivity contribution >= 4 is 12.0 Å². The maximum absolute atomic E-state index is 12.4. The third-order valence-electron chi connectivity index (χ3n) is 4.58. The van der Waals surface area contributed by atoms with E-state index in [0.29, 0.717) is 13.0 Å². The third-order valence-corrected chi connectivity index (χ3v) is 4.58. The maximum Gasteiger partial charge on any atom is 0.317 e. The molecule has 1 heterocycles. The van der Waals surface area contributed by atoms with Crippen molar-refractivity contribution in [1.82, 2.24) is 10.2 Å². The molecular weight excluding hydrogens is 276 g/mol. The highest BCUT2D eigenvalue weighted by Gasteiger charge is 2.48. The summed E-state index contributed by atoms with van der Waals surface area (Å²) >= 11 is 0. The van der Waals surface area contributed by atoms with Crippen molar-refractivity contribution in [1.29, 1.82) is 0 Å².